The smallest absolute Gasteiger partial charge is 0.317 e. The zero-order valence-electron chi connectivity index (χ0n) is 17.5. The molecule has 1 heterocycles. The van der Waals surface area contributed by atoms with Crippen LogP contribution in [0.15, 0.2) is 36.4 Å². The summed E-state index contributed by atoms with van der Waals surface area (Å²) in [5.74, 6) is 1.83. The van der Waals surface area contributed by atoms with Gasteiger partial charge in [0.05, 0.1) is 21.3 Å². The van der Waals surface area contributed by atoms with E-state index in [1.807, 2.05) is 29.2 Å². The molecule has 1 saturated heterocycles. The lowest BCUT2D eigenvalue weighted by molar-refractivity contribution is 0.194. The van der Waals surface area contributed by atoms with E-state index in [-0.39, 0.29) is 6.03 Å². The molecule has 1 aliphatic heterocycles. The lowest BCUT2D eigenvalue weighted by Gasteiger charge is -2.36. The van der Waals surface area contributed by atoms with E-state index in [9.17, 15) is 4.79 Å². The Morgan fingerprint density at radius 3 is 2.03 bits per heavy atom. The van der Waals surface area contributed by atoms with Crippen molar-refractivity contribution in [2.75, 3.05) is 52.4 Å². The van der Waals surface area contributed by atoms with Gasteiger partial charge in [0.1, 0.15) is 0 Å². The van der Waals surface area contributed by atoms with Crippen molar-refractivity contribution >= 4 is 11.7 Å². The highest BCUT2D eigenvalue weighted by atomic mass is 16.5. The maximum atomic E-state index is 12.5. The highest BCUT2D eigenvalue weighted by Gasteiger charge is 2.23. The van der Waals surface area contributed by atoms with Crippen LogP contribution in [0.4, 0.5) is 10.5 Å². The molecule has 1 fully saturated rings. The van der Waals surface area contributed by atoms with Crippen LogP contribution >= 0.6 is 0 Å². The van der Waals surface area contributed by atoms with Gasteiger partial charge in [-0.25, -0.2) is 4.79 Å². The number of amides is 2. The number of rotatable bonds is 6. The van der Waals surface area contributed by atoms with Crippen molar-refractivity contribution in [3.05, 3.63) is 47.5 Å². The molecule has 0 saturated carbocycles. The zero-order valence-corrected chi connectivity index (χ0v) is 17.5. The average Bonchev–Trinajstić information content (AvgIpc) is 2.77. The van der Waals surface area contributed by atoms with Gasteiger partial charge in [-0.15, -0.1) is 0 Å². The highest BCUT2D eigenvalue weighted by Crippen LogP contribution is 2.41. The number of carbonyl (C=O) groups is 1. The molecule has 0 radical (unpaired) electrons. The maximum absolute atomic E-state index is 12.5. The second kappa shape index (κ2) is 9.41. The predicted octanol–water partition coefficient (Wildman–Crippen LogP) is 3.05. The van der Waals surface area contributed by atoms with Crippen LogP contribution in [0.1, 0.15) is 11.1 Å². The van der Waals surface area contributed by atoms with E-state index in [2.05, 4.69) is 29.3 Å². The van der Waals surface area contributed by atoms with Gasteiger partial charge in [0, 0.05) is 50.5 Å². The van der Waals surface area contributed by atoms with Crippen LogP contribution in [0.25, 0.3) is 0 Å². The first-order valence-electron chi connectivity index (χ1n) is 9.69. The molecular weight excluding hydrogens is 370 g/mol. The molecule has 0 atom stereocenters. The fourth-order valence-electron chi connectivity index (χ4n) is 3.41. The van der Waals surface area contributed by atoms with Gasteiger partial charge in [-0.3, -0.25) is 0 Å². The number of carbonyl (C=O) groups excluding carboxylic acids is 1. The Morgan fingerprint density at radius 2 is 1.52 bits per heavy atom. The van der Waals surface area contributed by atoms with Crippen LogP contribution < -0.4 is 24.4 Å². The number of anilines is 1. The number of ether oxygens (including phenoxy) is 3. The number of benzene rings is 2. The summed E-state index contributed by atoms with van der Waals surface area (Å²) in [6.45, 7) is 5.35. The van der Waals surface area contributed by atoms with E-state index in [0.29, 0.717) is 36.9 Å². The van der Waals surface area contributed by atoms with Crippen molar-refractivity contribution in [3.63, 3.8) is 0 Å². The summed E-state index contributed by atoms with van der Waals surface area (Å²) in [6, 6.07) is 12.0. The minimum absolute atomic E-state index is 0.0323. The normalized spacial score (nSPS) is 13.8. The number of nitrogens with zero attached hydrogens (tertiary/aromatic N) is 2. The van der Waals surface area contributed by atoms with Crippen LogP contribution in [0.5, 0.6) is 17.2 Å². The topological polar surface area (TPSA) is 63.3 Å². The van der Waals surface area contributed by atoms with Gasteiger partial charge in [0.25, 0.3) is 0 Å². The lowest BCUT2D eigenvalue weighted by Crippen LogP contribution is -2.51. The highest BCUT2D eigenvalue weighted by molar-refractivity contribution is 5.74. The van der Waals surface area contributed by atoms with Crippen molar-refractivity contribution in [1.82, 2.24) is 10.2 Å². The Hall–Kier alpha value is -3.09. The first-order chi connectivity index (χ1) is 14.0. The van der Waals surface area contributed by atoms with Gasteiger partial charge >= 0.3 is 6.03 Å². The van der Waals surface area contributed by atoms with Crippen molar-refractivity contribution in [2.24, 2.45) is 0 Å². The van der Waals surface area contributed by atoms with E-state index < -0.39 is 0 Å². The van der Waals surface area contributed by atoms with Crippen LogP contribution in [0.3, 0.4) is 0 Å². The number of aryl methyl sites for hydroxylation is 1. The van der Waals surface area contributed by atoms with E-state index >= 15 is 0 Å². The second-order valence-corrected chi connectivity index (χ2v) is 7.00. The van der Waals surface area contributed by atoms with Crippen LogP contribution in [0, 0.1) is 6.92 Å². The summed E-state index contributed by atoms with van der Waals surface area (Å²) in [6.07, 6.45) is 0. The molecule has 0 bridgehead atoms. The molecule has 1 N–H and O–H groups in total. The minimum Gasteiger partial charge on any atom is -0.493 e. The van der Waals surface area contributed by atoms with Gasteiger partial charge in [-0.2, -0.15) is 0 Å². The lowest BCUT2D eigenvalue weighted by atomic mass is 10.1. The van der Waals surface area contributed by atoms with E-state index in [1.54, 1.807) is 21.3 Å². The molecule has 2 amide bonds. The number of piperazine rings is 1. The minimum atomic E-state index is -0.0323. The Labute approximate surface area is 172 Å². The van der Waals surface area contributed by atoms with Crippen molar-refractivity contribution in [3.8, 4) is 17.2 Å². The molecule has 0 aliphatic carbocycles. The Morgan fingerprint density at radius 1 is 0.931 bits per heavy atom. The fourth-order valence-corrected chi connectivity index (χ4v) is 3.41. The first kappa shape index (κ1) is 20.6. The van der Waals surface area contributed by atoms with Gasteiger partial charge < -0.3 is 29.3 Å². The first-order valence-corrected chi connectivity index (χ1v) is 9.69. The molecule has 3 rings (SSSR count). The third-order valence-electron chi connectivity index (χ3n) is 5.15. The van der Waals surface area contributed by atoms with Gasteiger partial charge in [-0.05, 0) is 12.5 Å². The summed E-state index contributed by atoms with van der Waals surface area (Å²) in [7, 11) is 4.81. The molecular formula is C22H29N3O4. The molecule has 7 nitrogen and oxygen atoms in total. The number of urea groups is 1. The van der Waals surface area contributed by atoms with Crippen molar-refractivity contribution in [1.29, 1.82) is 0 Å². The number of hydrogen-bond acceptors (Lipinski definition) is 5. The van der Waals surface area contributed by atoms with Crippen molar-refractivity contribution < 1.29 is 19.0 Å². The molecule has 0 aromatic heterocycles. The molecule has 7 heteroatoms. The quantitative estimate of drug-likeness (QED) is 0.809. The van der Waals surface area contributed by atoms with Gasteiger partial charge in [0.2, 0.25) is 5.75 Å². The number of hydrogen-bond donors (Lipinski definition) is 1. The SMILES string of the molecule is COc1cc(N2CCN(C(=O)NCc3ccc(C)cc3)CC2)cc(OC)c1OC. The molecule has 0 unspecified atom stereocenters. The standard InChI is InChI=1S/C22H29N3O4/c1-16-5-7-17(8-6-16)15-23-22(26)25-11-9-24(10-12-25)18-13-19(27-2)21(29-4)20(14-18)28-3/h5-8,13-14H,9-12,15H2,1-4H3,(H,23,26). The summed E-state index contributed by atoms with van der Waals surface area (Å²) in [5.41, 5.74) is 3.29. The van der Waals surface area contributed by atoms with Crippen molar-refractivity contribution in [2.45, 2.75) is 13.5 Å². The molecule has 2 aromatic rings. The number of nitrogens with one attached hydrogen (secondary N) is 1. The predicted molar refractivity (Wildman–Crippen MR) is 113 cm³/mol. The number of methoxy groups -OCH3 is 3. The summed E-state index contributed by atoms with van der Waals surface area (Å²) < 4.78 is 16.3. The molecule has 1 aliphatic rings. The average molecular weight is 399 g/mol. The monoisotopic (exact) mass is 399 g/mol. The third-order valence-corrected chi connectivity index (χ3v) is 5.15. The van der Waals surface area contributed by atoms with E-state index in [0.717, 1.165) is 24.3 Å². The summed E-state index contributed by atoms with van der Waals surface area (Å²) >= 11 is 0. The van der Waals surface area contributed by atoms with Crippen LogP contribution in [-0.4, -0.2) is 58.4 Å². The molecule has 156 valence electrons. The zero-order chi connectivity index (χ0) is 20.8. The van der Waals surface area contributed by atoms with E-state index in [4.69, 9.17) is 14.2 Å². The Bertz CT molecular complexity index is 805. The second-order valence-electron chi connectivity index (χ2n) is 7.00. The summed E-state index contributed by atoms with van der Waals surface area (Å²) in [5, 5.41) is 3.01. The third kappa shape index (κ3) is 4.85. The van der Waals surface area contributed by atoms with Crippen LogP contribution in [0.2, 0.25) is 0 Å². The summed E-state index contributed by atoms with van der Waals surface area (Å²) in [4.78, 5) is 16.6. The van der Waals surface area contributed by atoms with Crippen LogP contribution in [-0.2, 0) is 6.54 Å². The fraction of sp³-hybridized carbons (Fsp3) is 0.409. The largest absolute Gasteiger partial charge is 0.493 e. The molecule has 0 spiro atoms. The molecule has 2 aromatic carbocycles. The van der Waals surface area contributed by atoms with Gasteiger partial charge in [0.15, 0.2) is 11.5 Å². The Kier molecular flexibility index (Phi) is 6.69. The van der Waals surface area contributed by atoms with Gasteiger partial charge in [-0.1, -0.05) is 29.8 Å². The van der Waals surface area contributed by atoms with E-state index in [1.165, 1.54) is 5.56 Å². The molecule has 29 heavy (non-hydrogen) atoms. The Balaban J connectivity index is 1.58. The maximum Gasteiger partial charge on any atom is 0.317 e.